The van der Waals surface area contributed by atoms with Crippen LogP contribution in [-0.4, -0.2) is 24.4 Å². The average molecular weight is 246 g/mol. The highest BCUT2D eigenvalue weighted by molar-refractivity contribution is 7.92. The summed E-state index contributed by atoms with van der Waals surface area (Å²) in [6.07, 6.45) is 3.50. The van der Waals surface area contributed by atoms with Gasteiger partial charge in [0, 0.05) is 18.0 Å². The molecule has 0 amide bonds. The van der Waals surface area contributed by atoms with Crippen molar-refractivity contribution < 1.29 is 12.8 Å². The van der Waals surface area contributed by atoms with Gasteiger partial charge in [-0.2, -0.15) is 0 Å². The summed E-state index contributed by atoms with van der Waals surface area (Å²) in [6.45, 7) is 2.96. The molecule has 1 unspecified atom stereocenters. The van der Waals surface area contributed by atoms with Crippen LogP contribution in [0.4, 0.5) is 4.39 Å². The van der Waals surface area contributed by atoms with Gasteiger partial charge in [0.05, 0.1) is 17.0 Å². The number of aromatic nitrogens is 1. The minimum atomic E-state index is -3.38. The van der Waals surface area contributed by atoms with Gasteiger partial charge in [-0.15, -0.1) is 0 Å². The molecule has 0 saturated heterocycles. The summed E-state index contributed by atoms with van der Waals surface area (Å²) in [4.78, 5) is 3.59. The fraction of sp³-hybridized carbons (Fsp3) is 0.500. The van der Waals surface area contributed by atoms with Crippen LogP contribution in [0, 0.1) is 5.82 Å². The number of rotatable bonds is 3. The normalized spacial score (nSPS) is 14.8. The van der Waals surface area contributed by atoms with Gasteiger partial charge < -0.3 is 5.73 Å². The maximum absolute atomic E-state index is 13.4. The highest BCUT2D eigenvalue weighted by atomic mass is 32.2. The van der Waals surface area contributed by atoms with E-state index in [2.05, 4.69) is 4.98 Å². The Bertz CT molecular complexity index is 485. The van der Waals surface area contributed by atoms with E-state index in [1.165, 1.54) is 26.1 Å². The topological polar surface area (TPSA) is 73.0 Å². The molecule has 0 aromatic carbocycles. The SMILES string of the molecule is CC(C)(C(N)c1ccncc1F)S(C)(=O)=O. The second-order valence-corrected chi connectivity index (χ2v) is 6.85. The van der Waals surface area contributed by atoms with E-state index in [0.29, 0.717) is 0 Å². The van der Waals surface area contributed by atoms with Crippen LogP contribution in [0.1, 0.15) is 25.5 Å². The molecule has 0 radical (unpaired) electrons. The third-order valence-corrected chi connectivity index (χ3v) is 5.01. The Balaban J connectivity index is 3.23. The maximum Gasteiger partial charge on any atom is 0.154 e. The third-order valence-electron chi connectivity index (χ3n) is 2.84. The average Bonchev–Trinajstić information content (AvgIpc) is 2.15. The van der Waals surface area contributed by atoms with Gasteiger partial charge in [-0.1, -0.05) is 0 Å². The van der Waals surface area contributed by atoms with Crippen LogP contribution in [0.2, 0.25) is 0 Å². The summed E-state index contributed by atoms with van der Waals surface area (Å²) in [7, 11) is -3.38. The molecule has 1 atom stereocenters. The summed E-state index contributed by atoms with van der Waals surface area (Å²) >= 11 is 0. The summed E-state index contributed by atoms with van der Waals surface area (Å²) < 4.78 is 35.3. The Morgan fingerprint density at radius 2 is 2.06 bits per heavy atom. The van der Waals surface area contributed by atoms with Gasteiger partial charge in [0.25, 0.3) is 0 Å². The van der Waals surface area contributed by atoms with E-state index in [-0.39, 0.29) is 5.56 Å². The van der Waals surface area contributed by atoms with E-state index in [0.717, 1.165) is 12.5 Å². The molecule has 1 rings (SSSR count). The van der Waals surface area contributed by atoms with Crippen LogP contribution >= 0.6 is 0 Å². The molecule has 1 aromatic rings. The number of sulfone groups is 1. The van der Waals surface area contributed by atoms with Crippen LogP contribution in [0.3, 0.4) is 0 Å². The number of nitrogens with two attached hydrogens (primary N) is 1. The zero-order valence-electron chi connectivity index (χ0n) is 9.44. The number of hydrogen-bond donors (Lipinski definition) is 1. The smallest absolute Gasteiger partial charge is 0.154 e. The van der Waals surface area contributed by atoms with Crippen molar-refractivity contribution in [3.05, 3.63) is 29.8 Å². The van der Waals surface area contributed by atoms with Gasteiger partial charge in [0.2, 0.25) is 0 Å². The van der Waals surface area contributed by atoms with Gasteiger partial charge in [-0.05, 0) is 19.9 Å². The zero-order chi connectivity index (χ0) is 12.6. The van der Waals surface area contributed by atoms with E-state index in [1.54, 1.807) is 0 Å². The minimum Gasteiger partial charge on any atom is -0.323 e. The van der Waals surface area contributed by atoms with E-state index in [1.807, 2.05) is 0 Å². The Labute approximate surface area is 94.6 Å². The first-order valence-corrected chi connectivity index (χ1v) is 6.61. The van der Waals surface area contributed by atoms with Crippen LogP contribution in [0.15, 0.2) is 18.5 Å². The second-order valence-electron chi connectivity index (χ2n) is 4.25. The quantitative estimate of drug-likeness (QED) is 0.865. The first-order valence-electron chi connectivity index (χ1n) is 4.72. The van der Waals surface area contributed by atoms with Crippen molar-refractivity contribution in [2.24, 2.45) is 5.73 Å². The van der Waals surface area contributed by atoms with Gasteiger partial charge in [0.15, 0.2) is 9.84 Å². The Hall–Kier alpha value is -1.01. The van der Waals surface area contributed by atoms with Crippen molar-refractivity contribution in [3.63, 3.8) is 0 Å². The van der Waals surface area contributed by atoms with Gasteiger partial charge in [0.1, 0.15) is 5.82 Å². The molecule has 0 saturated carbocycles. The molecule has 0 spiro atoms. The lowest BCUT2D eigenvalue weighted by Crippen LogP contribution is -2.42. The summed E-state index contributed by atoms with van der Waals surface area (Å²) in [6, 6.07) is 0.470. The monoisotopic (exact) mass is 246 g/mol. The predicted octanol–water partition coefficient (Wildman–Crippen LogP) is 1.04. The molecule has 0 fully saturated rings. The lowest BCUT2D eigenvalue weighted by molar-refractivity contribution is 0.477. The van der Waals surface area contributed by atoms with Gasteiger partial charge in [-0.25, -0.2) is 12.8 Å². The molecule has 1 heterocycles. The second kappa shape index (κ2) is 4.10. The van der Waals surface area contributed by atoms with Crippen molar-refractivity contribution in [1.82, 2.24) is 4.98 Å². The molecular formula is C10H15FN2O2S. The highest BCUT2D eigenvalue weighted by Crippen LogP contribution is 2.30. The van der Waals surface area contributed by atoms with Crippen LogP contribution < -0.4 is 5.73 Å². The standard InChI is InChI=1S/C10H15FN2O2S/c1-10(2,16(3,14)15)9(12)7-4-5-13-6-8(7)11/h4-6,9H,12H2,1-3H3. The number of hydrogen-bond acceptors (Lipinski definition) is 4. The molecule has 4 nitrogen and oxygen atoms in total. The first kappa shape index (κ1) is 13.1. The minimum absolute atomic E-state index is 0.158. The van der Waals surface area contributed by atoms with Crippen molar-refractivity contribution in [2.75, 3.05) is 6.26 Å². The molecule has 16 heavy (non-hydrogen) atoms. The fourth-order valence-corrected chi connectivity index (χ4v) is 1.83. The highest BCUT2D eigenvalue weighted by Gasteiger charge is 2.38. The molecule has 0 aliphatic heterocycles. The molecular weight excluding hydrogens is 231 g/mol. The molecule has 0 aliphatic rings. The summed E-state index contributed by atoms with van der Waals surface area (Å²) in [5.74, 6) is -0.591. The lowest BCUT2D eigenvalue weighted by atomic mass is 9.96. The molecule has 6 heteroatoms. The molecule has 0 bridgehead atoms. The molecule has 90 valence electrons. The van der Waals surface area contributed by atoms with Crippen molar-refractivity contribution in [1.29, 1.82) is 0 Å². The summed E-state index contributed by atoms with van der Waals surface area (Å²) in [5.41, 5.74) is 5.97. The number of halogens is 1. The van der Waals surface area contributed by atoms with E-state index in [4.69, 9.17) is 5.73 Å². The van der Waals surface area contributed by atoms with Gasteiger partial charge >= 0.3 is 0 Å². The predicted molar refractivity (Wildman–Crippen MR) is 60.0 cm³/mol. The van der Waals surface area contributed by atoms with Crippen molar-refractivity contribution in [2.45, 2.75) is 24.6 Å². The van der Waals surface area contributed by atoms with E-state index in [9.17, 15) is 12.8 Å². The van der Waals surface area contributed by atoms with Gasteiger partial charge in [-0.3, -0.25) is 4.98 Å². The van der Waals surface area contributed by atoms with Crippen molar-refractivity contribution >= 4 is 9.84 Å². The molecule has 1 aromatic heterocycles. The number of pyridine rings is 1. The fourth-order valence-electron chi connectivity index (χ4n) is 1.24. The van der Waals surface area contributed by atoms with E-state index < -0.39 is 26.4 Å². The van der Waals surface area contributed by atoms with Crippen LogP contribution in [0.5, 0.6) is 0 Å². The molecule has 0 aliphatic carbocycles. The van der Waals surface area contributed by atoms with Crippen molar-refractivity contribution in [3.8, 4) is 0 Å². The molecule has 2 N–H and O–H groups in total. The number of nitrogens with zero attached hydrogens (tertiary/aromatic N) is 1. The van der Waals surface area contributed by atoms with E-state index >= 15 is 0 Å². The third kappa shape index (κ3) is 2.22. The van der Waals surface area contributed by atoms with Crippen LogP contribution in [-0.2, 0) is 9.84 Å². The Morgan fingerprint density at radius 1 is 1.50 bits per heavy atom. The maximum atomic E-state index is 13.4. The zero-order valence-corrected chi connectivity index (χ0v) is 10.3. The Morgan fingerprint density at radius 3 is 2.50 bits per heavy atom. The Kier molecular flexibility index (Phi) is 3.35. The lowest BCUT2D eigenvalue weighted by Gasteiger charge is -2.29. The first-order chi connectivity index (χ1) is 7.18. The summed E-state index contributed by atoms with van der Waals surface area (Å²) in [5, 5.41) is 0. The largest absolute Gasteiger partial charge is 0.323 e. The van der Waals surface area contributed by atoms with Crippen LogP contribution in [0.25, 0.3) is 0 Å².